The van der Waals surface area contributed by atoms with Crippen molar-refractivity contribution in [2.45, 2.75) is 51.1 Å². The maximum Gasteiger partial charge on any atom is 0.407 e. The van der Waals surface area contributed by atoms with Crippen LogP contribution in [0.4, 0.5) is 31.2 Å². The van der Waals surface area contributed by atoms with E-state index in [1.165, 1.54) is 11.1 Å². The van der Waals surface area contributed by atoms with Gasteiger partial charge in [-0.25, -0.2) is 18.6 Å². The molecule has 1 aliphatic carbocycles. The zero-order valence-corrected chi connectivity index (χ0v) is 17.8. The molecule has 1 saturated heterocycles. The first-order chi connectivity index (χ1) is 14.6. The van der Waals surface area contributed by atoms with Crippen LogP contribution in [0.5, 0.6) is 0 Å². The van der Waals surface area contributed by atoms with Crippen LogP contribution < -0.4 is 15.5 Å². The Labute approximate surface area is 179 Å². The minimum Gasteiger partial charge on any atom is -0.444 e. The summed E-state index contributed by atoms with van der Waals surface area (Å²) in [5.41, 5.74) is 0.389. The largest absolute Gasteiger partial charge is 0.444 e. The summed E-state index contributed by atoms with van der Waals surface area (Å²) in [5.74, 6) is -2.24. The minimum absolute atomic E-state index is 0.0144. The summed E-state index contributed by atoms with van der Waals surface area (Å²) in [6, 6.07) is 3.59. The van der Waals surface area contributed by atoms with Gasteiger partial charge in [-0.1, -0.05) is 0 Å². The fourth-order valence-corrected chi connectivity index (χ4v) is 3.44. The highest BCUT2D eigenvalue weighted by Crippen LogP contribution is 2.39. The van der Waals surface area contributed by atoms with Gasteiger partial charge in [0.25, 0.3) is 5.92 Å². The molecule has 3 N–H and O–H groups in total. The lowest BCUT2D eigenvalue weighted by molar-refractivity contribution is -0.0208. The molecule has 1 saturated carbocycles. The maximum atomic E-state index is 14.5. The average molecular weight is 435 g/mol. The number of alkyl halides is 2. The molecule has 9 nitrogen and oxygen atoms in total. The molecule has 0 spiro atoms. The van der Waals surface area contributed by atoms with Crippen molar-refractivity contribution in [3.05, 3.63) is 24.0 Å². The standard InChI is InChI=1S/C20H27F2N7O2/c1-19(2,3)31-18(30)24-9-13-10-29(11-20(13,21)22)17-23-7-6-15(26-17)25-16-8-14(27-28-16)12-4-5-12/h6-8,12-13H,4-5,9-11H2,1-3H3,(H,24,30)(H2,23,25,26,27,28). The van der Waals surface area contributed by atoms with E-state index in [9.17, 15) is 13.6 Å². The topological polar surface area (TPSA) is 108 Å². The normalized spacial score (nSPS) is 20.5. The molecular weight excluding hydrogens is 408 g/mol. The van der Waals surface area contributed by atoms with E-state index in [4.69, 9.17) is 4.74 Å². The quantitative estimate of drug-likeness (QED) is 0.638. The van der Waals surface area contributed by atoms with Crippen molar-refractivity contribution in [1.82, 2.24) is 25.5 Å². The summed E-state index contributed by atoms with van der Waals surface area (Å²) >= 11 is 0. The highest BCUT2D eigenvalue weighted by molar-refractivity contribution is 5.67. The highest BCUT2D eigenvalue weighted by Gasteiger charge is 2.49. The third kappa shape index (κ3) is 5.39. The van der Waals surface area contributed by atoms with Gasteiger partial charge in [0.1, 0.15) is 11.4 Å². The average Bonchev–Trinajstić information content (AvgIpc) is 3.34. The van der Waals surface area contributed by atoms with E-state index in [1.54, 1.807) is 26.8 Å². The van der Waals surface area contributed by atoms with Gasteiger partial charge in [-0.05, 0) is 39.7 Å². The molecule has 2 aliphatic rings. The van der Waals surface area contributed by atoms with Crippen LogP contribution in [0.1, 0.15) is 45.2 Å². The van der Waals surface area contributed by atoms with Gasteiger partial charge in [-0.3, -0.25) is 5.10 Å². The SMILES string of the molecule is CC(C)(C)OC(=O)NCC1CN(c2nccc(Nc3cc(C4CC4)[nH]n3)n2)CC1(F)F. The molecule has 2 aromatic rings. The van der Waals surface area contributed by atoms with E-state index >= 15 is 0 Å². The number of carbonyl (C=O) groups excluding carboxylic acids is 1. The van der Waals surface area contributed by atoms with Gasteiger partial charge in [0.15, 0.2) is 5.82 Å². The molecule has 2 fully saturated rings. The van der Waals surface area contributed by atoms with Gasteiger partial charge >= 0.3 is 6.09 Å². The predicted octanol–water partition coefficient (Wildman–Crippen LogP) is 3.42. The molecular formula is C20H27F2N7O2. The maximum absolute atomic E-state index is 14.5. The summed E-state index contributed by atoms with van der Waals surface area (Å²) < 4.78 is 34.2. The zero-order valence-electron chi connectivity index (χ0n) is 17.8. The van der Waals surface area contributed by atoms with Gasteiger partial charge < -0.3 is 20.3 Å². The molecule has 4 rings (SSSR count). The van der Waals surface area contributed by atoms with E-state index < -0.39 is 30.1 Å². The Balaban J connectivity index is 1.37. The second-order valence-corrected chi connectivity index (χ2v) is 9.07. The number of nitrogens with one attached hydrogen (secondary N) is 3. The van der Waals surface area contributed by atoms with Crippen LogP contribution in [-0.2, 0) is 4.74 Å². The molecule has 168 valence electrons. The number of aromatic nitrogens is 4. The van der Waals surface area contributed by atoms with Crippen LogP contribution in [0.3, 0.4) is 0 Å². The number of ether oxygens (including phenoxy) is 1. The monoisotopic (exact) mass is 435 g/mol. The van der Waals surface area contributed by atoms with E-state index in [2.05, 4.69) is 30.8 Å². The lowest BCUT2D eigenvalue weighted by atomic mass is 10.1. The third-order valence-electron chi connectivity index (χ3n) is 5.13. The van der Waals surface area contributed by atoms with Crippen molar-refractivity contribution in [3.8, 4) is 0 Å². The Kier molecular flexibility index (Phi) is 5.44. The van der Waals surface area contributed by atoms with Gasteiger partial charge in [0.05, 0.1) is 12.5 Å². The van der Waals surface area contributed by atoms with Crippen LogP contribution >= 0.6 is 0 Å². The molecule has 1 amide bonds. The van der Waals surface area contributed by atoms with Crippen molar-refractivity contribution in [3.63, 3.8) is 0 Å². The van der Waals surface area contributed by atoms with Crippen molar-refractivity contribution in [2.24, 2.45) is 5.92 Å². The van der Waals surface area contributed by atoms with Gasteiger partial charge in [0, 0.05) is 37.0 Å². The first-order valence-corrected chi connectivity index (χ1v) is 10.3. The first-order valence-electron chi connectivity index (χ1n) is 10.3. The summed E-state index contributed by atoms with van der Waals surface area (Å²) in [7, 11) is 0. The smallest absolute Gasteiger partial charge is 0.407 e. The summed E-state index contributed by atoms with van der Waals surface area (Å²) in [5, 5.41) is 12.7. The number of nitrogens with zero attached hydrogens (tertiary/aromatic N) is 4. The lowest BCUT2D eigenvalue weighted by Crippen LogP contribution is -2.40. The lowest BCUT2D eigenvalue weighted by Gasteiger charge is -2.22. The van der Waals surface area contributed by atoms with E-state index in [0.717, 1.165) is 18.5 Å². The molecule has 3 heterocycles. The van der Waals surface area contributed by atoms with Crippen LogP contribution in [0, 0.1) is 5.92 Å². The molecule has 0 bridgehead atoms. The number of rotatable bonds is 6. The number of anilines is 3. The van der Waals surface area contributed by atoms with E-state index in [0.29, 0.717) is 17.6 Å². The number of hydrogen-bond acceptors (Lipinski definition) is 7. The minimum atomic E-state index is -3.00. The summed E-state index contributed by atoms with van der Waals surface area (Å²) in [4.78, 5) is 21.8. The Bertz CT molecular complexity index is 940. The number of H-pyrrole nitrogens is 1. The second kappa shape index (κ2) is 7.93. The Morgan fingerprint density at radius 2 is 2.13 bits per heavy atom. The Morgan fingerprint density at radius 3 is 2.84 bits per heavy atom. The molecule has 1 aliphatic heterocycles. The number of hydrogen-bond donors (Lipinski definition) is 3. The van der Waals surface area contributed by atoms with Gasteiger partial charge in [0.2, 0.25) is 5.95 Å². The molecule has 0 radical (unpaired) electrons. The molecule has 0 aromatic carbocycles. The van der Waals surface area contributed by atoms with Crippen LogP contribution in [0.15, 0.2) is 18.3 Å². The number of halogens is 2. The molecule has 11 heteroatoms. The summed E-state index contributed by atoms with van der Waals surface area (Å²) in [6.07, 6.45) is 3.12. The number of amides is 1. The molecule has 2 aromatic heterocycles. The number of alkyl carbamates (subject to hydrolysis) is 1. The summed E-state index contributed by atoms with van der Waals surface area (Å²) in [6.45, 7) is 4.44. The fraction of sp³-hybridized carbons (Fsp3) is 0.600. The molecule has 31 heavy (non-hydrogen) atoms. The van der Waals surface area contributed by atoms with E-state index in [1.807, 2.05) is 6.07 Å². The molecule has 1 atom stereocenters. The first kappa shape index (κ1) is 21.3. The van der Waals surface area contributed by atoms with Crippen molar-refractivity contribution in [1.29, 1.82) is 0 Å². The fourth-order valence-electron chi connectivity index (χ4n) is 3.44. The third-order valence-corrected chi connectivity index (χ3v) is 5.13. The zero-order chi connectivity index (χ0) is 22.2. The molecule has 1 unspecified atom stereocenters. The Hall–Kier alpha value is -2.98. The van der Waals surface area contributed by atoms with Crippen molar-refractivity contribution < 1.29 is 18.3 Å². The van der Waals surface area contributed by atoms with Crippen LogP contribution in [0.2, 0.25) is 0 Å². The number of aromatic amines is 1. The van der Waals surface area contributed by atoms with Crippen molar-refractivity contribution in [2.75, 3.05) is 29.9 Å². The Morgan fingerprint density at radius 1 is 1.35 bits per heavy atom. The van der Waals surface area contributed by atoms with E-state index in [-0.39, 0.29) is 19.0 Å². The van der Waals surface area contributed by atoms with Crippen LogP contribution in [0.25, 0.3) is 0 Å². The number of carbonyl (C=O) groups is 1. The predicted molar refractivity (Wildman–Crippen MR) is 111 cm³/mol. The van der Waals surface area contributed by atoms with Crippen molar-refractivity contribution >= 4 is 23.7 Å². The van der Waals surface area contributed by atoms with Crippen LogP contribution in [-0.4, -0.2) is 57.4 Å². The van der Waals surface area contributed by atoms with Gasteiger partial charge in [-0.2, -0.15) is 10.1 Å². The highest BCUT2D eigenvalue weighted by atomic mass is 19.3. The van der Waals surface area contributed by atoms with Gasteiger partial charge in [-0.15, -0.1) is 0 Å². The second-order valence-electron chi connectivity index (χ2n) is 9.07.